The van der Waals surface area contributed by atoms with Crippen molar-refractivity contribution in [2.24, 2.45) is 5.92 Å². The molecular formula is C16H22N2. The third-order valence-electron chi connectivity index (χ3n) is 4.28. The number of anilines is 1. The van der Waals surface area contributed by atoms with Crippen LogP contribution in [0.1, 0.15) is 38.3 Å². The fourth-order valence-electron chi connectivity index (χ4n) is 3.59. The summed E-state index contributed by atoms with van der Waals surface area (Å²) in [6.45, 7) is 4.62. The Balaban J connectivity index is 1.94. The van der Waals surface area contributed by atoms with Crippen LogP contribution in [-0.4, -0.2) is 17.0 Å². The summed E-state index contributed by atoms with van der Waals surface area (Å²) < 4.78 is 0. The lowest BCUT2D eigenvalue weighted by Crippen LogP contribution is -2.36. The fraction of sp³-hybridized carbons (Fsp3) is 0.500. The minimum absolute atomic E-state index is 0.487. The highest BCUT2D eigenvalue weighted by Crippen LogP contribution is 2.42. The van der Waals surface area contributed by atoms with Crippen LogP contribution in [0.3, 0.4) is 0 Å². The van der Waals surface area contributed by atoms with Crippen molar-refractivity contribution in [1.82, 2.24) is 4.90 Å². The molecule has 1 fully saturated rings. The van der Waals surface area contributed by atoms with Crippen LogP contribution in [0, 0.1) is 5.92 Å². The highest BCUT2D eigenvalue weighted by molar-refractivity contribution is 5.42. The smallest absolute Gasteiger partial charge is 0.0383 e. The summed E-state index contributed by atoms with van der Waals surface area (Å²) in [5.41, 5.74) is 8.19. The van der Waals surface area contributed by atoms with Gasteiger partial charge < -0.3 is 5.73 Å². The summed E-state index contributed by atoms with van der Waals surface area (Å²) in [5, 5.41) is 0. The van der Waals surface area contributed by atoms with E-state index >= 15 is 0 Å². The van der Waals surface area contributed by atoms with Crippen molar-refractivity contribution in [3.63, 3.8) is 0 Å². The molecule has 0 radical (unpaired) electrons. The van der Waals surface area contributed by atoms with Gasteiger partial charge >= 0.3 is 0 Å². The van der Waals surface area contributed by atoms with E-state index in [0.29, 0.717) is 24.0 Å². The molecule has 0 aliphatic carbocycles. The number of nitrogens with two attached hydrogens (primary N) is 1. The van der Waals surface area contributed by atoms with E-state index in [2.05, 4.69) is 49.1 Å². The summed E-state index contributed by atoms with van der Waals surface area (Å²) in [4.78, 5) is 2.68. The van der Waals surface area contributed by atoms with Gasteiger partial charge in [-0.15, -0.1) is 0 Å². The quantitative estimate of drug-likeness (QED) is 0.650. The van der Waals surface area contributed by atoms with Crippen LogP contribution in [0.15, 0.2) is 36.4 Å². The molecule has 3 atom stereocenters. The number of hydrogen-bond acceptors (Lipinski definition) is 2. The largest absolute Gasteiger partial charge is 0.399 e. The lowest BCUT2D eigenvalue weighted by Gasteiger charge is -2.35. The van der Waals surface area contributed by atoms with Crippen molar-refractivity contribution in [3.05, 3.63) is 42.0 Å². The maximum Gasteiger partial charge on any atom is 0.0383 e. The van der Waals surface area contributed by atoms with E-state index in [1.165, 1.54) is 18.4 Å². The average Bonchev–Trinajstić information content (AvgIpc) is 2.89. The number of benzene rings is 1. The van der Waals surface area contributed by atoms with Gasteiger partial charge in [-0.1, -0.05) is 38.1 Å². The van der Waals surface area contributed by atoms with Crippen LogP contribution in [0.25, 0.3) is 0 Å². The maximum atomic E-state index is 5.95. The van der Waals surface area contributed by atoms with Crippen molar-refractivity contribution < 1.29 is 0 Å². The van der Waals surface area contributed by atoms with Crippen LogP contribution < -0.4 is 5.73 Å². The van der Waals surface area contributed by atoms with Crippen molar-refractivity contribution >= 4 is 5.69 Å². The maximum absolute atomic E-state index is 5.95. The Kier molecular flexibility index (Phi) is 2.90. The third kappa shape index (κ3) is 1.85. The Morgan fingerprint density at radius 2 is 1.83 bits per heavy atom. The molecule has 0 spiro atoms. The van der Waals surface area contributed by atoms with Gasteiger partial charge in [-0.05, 0) is 36.5 Å². The molecule has 0 aromatic heterocycles. The summed E-state index contributed by atoms with van der Waals surface area (Å²) >= 11 is 0. The molecule has 1 aromatic carbocycles. The van der Waals surface area contributed by atoms with Gasteiger partial charge in [0.25, 0.3) is 0 Å². The van der Waals surface area contributed by atoms with Crippen molar-refractivity contribution in [2.75, 3.05) is 5.73 Å². The predicted octanol–water partition coefficient (Wildman–Crippen LogP) is 3.37. The molecule has 18 heavy (non-hydrogen) atoms. The van der Waals surface area contributed by atoms with E-state index < -0.39 is 0 Å². The number of fused-ring (bicyclic) bond motifs is 2. The molecular weight excluding hydrogens is 220 g/mol. The zero-order valence-electron chi connectivity index (χ0n) is 11.2. The minimum atomic E-state index is 0.487. The van der Waals surface area contributed by atoms with Gasteiger partial charge in [0, 0.05) is 23.8 Å². The SMILES string of the molecule is CC(C)C(c1cccc(N)c1)N1C2C=C[C@H]1CC2. The summed E-state index contributed by atoms with van der Waals surface area (Å²) in [6.07, 6.45) is 7.39. The summed E-state index contributed by atoms with van der Waals surface area (Å²) in [7, 11) is 0. The highest BCUT2D eigenvalue weighted by atomic mass is 15.2. The molecule has 2 N–H and O–H groups in total. The first-order valence-corrected chi connectivity index (χ1v) is 6.98. The Bertz CT molecular complexity index is 450. The lowest BCUT2D eigenvalue weighted by molar-refractivity contribution is 0.146. The van der Waals surface area contributed by atoms with Crippen LogP contribution in [0.2, 0.25) is 0 Å². The average molecular weight is 242 g/mol. The van der Waals surface area contributed by atoms with Gasteiger partial charge in [0.15, 0.2) is 0 Å². The molecule has 96 valence electrons. The molecule has 2 bridgehead atoms. The Morgan fingerprint density at radius 1 is 1.17 bits per heavy atom. The first-order valence-electron chi connectivity index (χ1n) is 6.98. The molecule has 2 unspecified atom stereocenters. The normalized spacial score (nSPS) is 28.2. The van der Waals surface area contributed by atoms with E-state index in [1.54, 1.807) is 0 Å². The molecule has 2 heteroatoms. The van der Waals surface area contributed by atoms with Gasteiger partial charge in [0.2, 0.25) is 0 Å². The Labute approximate surface area is 109 Å². The van der Waals surface area contributed by atoms with E-state index in [1.807, 2.05) is 6.07 Å². The van der Waals surface area contributed by atoms with Crippen molar-refractivity contribution in [1.29, 1.82) is 0 Å². The number of rotatable bonds is 3. The monoisotopic (exact) mass is 242 g/mol. The van der Waals surface area contributed by atoms with Crippen LogP contribution in [0.5, 0.6) is 0 Å². The topological polar surface area (TPSA) is 29.3 Å². The second-order valence-corrected chi connectivity index (χ2v) is 5.90. The van der Waals surface area contributed by atoms with E-state index in [-0.39, 0.29) is 0 Å². The molecule has 1 aromatic rings. The lowest BCUT2D eigenvalue weighted by atomic mass is 9.93. The van der Waals surface area contributed by atoms with Crippen LogP contribution in [-0.2, 0) is 0 Å². The fourth-order valence-corrected chi connectivity index (χ4v) is 3.59. The minimum Gasteiger partial charge on any atom is -0.399 e. The predicted molar refractivity (Wildman–Crippen MR) is 76.2 cm³/mol. The Morgan fingerprint density at radius 3 is 2.33 bits per heavy atom. The Hall–Kier alpha value is -1.28. The van der Waals surface area contributed by atoms with Crippen molar-refractivity contribution in [2.45, 2.75) is 44.8 Å². The summed E-state index contributed by atoms with van der Waals surface area (Å²) in [6, 6.07) is 10.2. The molecule has 2 nitrogen and oxygen atoms in total. The zero-order chi connectivity index (χ0) is 12.7. The first-order chi connectivity index (χ1) is 8.66. The van der Waals surface area contributed by atoms with E-state index in [9.17, 15) is 0 Å². The zero-order valence-corrected chi connectivity index (χ0v) is 11.2. The second-order valence-electron chi connectivity index (χ2n) is 5.90. The highest BCUT2D eigenvalue weighted by Gasteiger charge is 2.40. The third-order valence-corrected chi connectivity index (χ3v) is 4.28. The molecule has 2 aliphatic heterocycles. The molecule has 0 amide bonds. The summed E-state index contributed by atoms with van der Waals surface area (Å²) in [5.74, 6) is 0.606. The second kappa shape index (κ2) is 4.43. The van der Waals surface area contributed by atoms with Gasteiger partial charge in [-0.3, -0.25) is 4.90 Å². The van der Waals surface area contributed by atoms with E-state index in [0.717, 1.165) is 5.69 Å². The van der Waals surface area contributed by atoms with Crippen molar-refractivity contribution in [3.8, 4) is 0 Å². The number of hydrogen-bond donors (Lipinski definition) is 1. The number of nitrogens with zero attached hydrogens (tertiary/aromatic N) is 1. The number of nitrogen functional groups attached to an aromatic ring is 1. The first kappa shape index (κ1) is 11.8. The van der Waals surface area contributed by atoms with Gasteiger partial charge in [-0.2, -0.15) is 0 Å². The van der Waals surface area contributed by atoms with Crippen LogP contribution >= 0.6 is 0 Å². The molecule has 2 heterocycles. The molecule has 2 aliphatic rings. The standard InChI is InChI=1S/C16H22N2/c1-11(2)16(12-4-3-5-13(17)10-12)18-14-6-7-15(18)9-8-14/h3-7,10-11,14-16H,8-9,17H2,1-2H3/t14-,15?,16?/m0/s1. The van der Waals surface area contributed by atoms with Gasteiger partial charge in [-0.25, -0.2) is 0 Å². The molecule has 3 rings (SSSR count). The van der Waals surface area contributed by atoms with E-state index in [4.69, 9.17) is 5.73 Å². The van der Waals surface area contributed by atoms with Gasteiger partial charge in [0.05, 0.1) is 0 Å². The molecule has 0 saturated carbocycles. The van der Waals surface area contributed by atoms with Crippen LogP contribution in [0.4, 0.5) is 5.69 Å². The molecule has 1 saturated heterocycles. The van der Waals surface area contributed by atoms with Gasteiger partial charge in [0.1, 0.15) is 0 Å².